The maximum absolute atomic E-state index is 4.77. The lowest BCUT2D eigenvalue weighted by Crippen LogP contribution is -2.40. The molecule has 1 aromatic heterocycles. The van der Waals surface area contributed by atoms with Crippen molar-refractivity contribution in [1.82, 2.24) is 20.2 Å². The van der Waals surface area contributed by atoms with Gasteiger partial charge in [0.1, 0.15) is 0 Å². The molecule has 0 bridgehead atoms. The largest absolute Gasteiger partial charge is 0.357 e. The quantitative estimate of drug-likeness (QED) is 0.625. The molecule has 0 radical (unpaired) electrons. The number of nitrogens with zero attached hydrogens (tertiary/aromatic N) is 3. The van der Waals surface area contributed by atoms with Crippen LogP contribution in [0.1, 0.15) is 25.3 Å². The standard InChI is InChI=1S/C18H25N5S/c1-2-20-18(22-13-16-7-5-11-24-16)21-12-15-6-3-4-8-17(15)23-10-9-19-14-23/h3-4,6,8-10,14,16H,2,5,7,11-13H2,1H3,(H2,20,21,22). The average molecular weight is 344 g/mol. The van der Waals surface area contributed by atoms with Gasteiger partial charge in [0.15, 0.2) is 5.96 Å². The first kappa shape index (κ1) is 16.9. The predicted molar refractivity (Wildman–Crippen MR) is 102 cm³/mol. The van der Waals surface area contributed by atoms with Crippen molar-refractivity contribution in [1.29, 1.82) is 0 Å². The molecule has 3 rings (SSSR count). The monoisotopic (exact) mass is 343 g/mol. The number of aliphatic imine (C=N–C) groups is 1. The summed E-state index contributed by atoms with van der Waals surface area (Å²) in [7, 11) is 0. The van der Waals surface area contributed by atoms with E-state index in [1.807, 2.05) is 23.2 Å². The molecule has 128 valence electrons. The summed E-state index contributed by atoms with van der Waals surface area (Å²) in [6, 6.07) is 8.32. The Morgan fingerprint density at radius 1 is 1.38 bits per heavy atom. The highest BCUT2D eigenvalue weighted by Gasteiger charge is 2.15. The fourth-order valence-corrected chi connectivity index (χ4v) is 4.02. The van der Waals surface area contributed by atoms with Crippen molar-refractivity contribution in [2.45, 2.75) is 31.6 Å². The van der Waals surface area contributed by atoms with Crippen LogP contribution in [0.4, 0.5) is 0 Å². The van der Waals surface area contributed by atoms with Crippen molar-refractivity contribution in [3.05, 3.63) is 48.5 Å². The number of para-hydroxylation sites is 1. The molecule has 0 amide bonds. The Morgan fingerprint density at radius 3 is 3.04 bits per heavy atom. The molecule has 1 aliphatic rings. The number of hydrogen-bond acceptors (Lipinski definition) is 3. The Kier molecular flexibility index (Phi) is 6.18. The van der Waals surface area contributed by atoms with Crippen LogP contribution in [0.3, 0.4) is 0 Å². The molecule has 24 heavy (non-hydrogen) atoms. The first-order chi connectivity index (χ1) is 11.9. The molecule has 1 aliphatic heterocycles. The lowest BCUT2D eigenvalue weighted by molar-refractivity contribution is 0.727. The van der Waals surface area contributed by atoms with E-state index in [-0.39, 0.29) is 0 Å². The molecular weight excluding hydrogens is 318 g/mol. The third-order valence-electron chi connectivity index (χ3n) is 4.05. The summed E-state index contributed by atoms with van der Waals surface area (Å²) in [6.45, 7) is 4.59. The van der Waals surface area contributed by atoms with E-state index < -0.39 is 0 Å². The summed E-state index contributed by atoms with van der Waals surface area (Å²) in [5.41, 5.74) is 2.31. The van der Waals surface area contributed by atoms with Gasteiger partial charge in [-0.2, -0.15) is 11.8 Å². The summed E-state index contributed by atoms with van der Waals surface area (Å²) in [5.74, 6) is 2.18. The number of hydrogen-bond donors (Lipinski definition) is 2. The van der Waals surface area contributed by atoms with E-state index in [0.717, 1.165) is 24.7 Å². The lowest BCUT2D eigenvalue weighted by Gasteiger charge is -2.15. The zero-order valence-electron chi connectivity index (χ0n) is 14.1. The van der Waals surface area contributed by atoms with Crippen LogP contribution >= 0.6 is 11.8 Å². The molecule has 0 saturated carbocycles. The van der Waals surface area contributed by atoms with Gasteiger partial charge in [0.25, 0.3) is 0 Å². The van der Waals surface area contributed by atoms with Crippen molar-refractivity contribution in [3.63, 3.8) is 0 Å². The van der Waals surface area contributed by atoms with Gasteiger partial charge in [-0.15, -0.1) is 0 Å². The van der Waals surface area contributed by atoms with Gasteiger partial charge < -0.3 is 15.2 Å². The van der Waals surface area contributed by atoms with E-state index in [4.69, 9.17) is 4.99 Å². The summed E-state index contributed by atoms with van der Waals surface area (Å²) in [4.78, 5) is 8.90. The smallest absolute Gasteiger partial charge is 0.191 e. The number of imidazole rings is 1. The SMILES string of the molecule is CCNC(=NCc1ccccc1-n1ccnc1)NCC1CCCS1. The molecule has 2 heterocycles. The van der Waals surface area contributed by atoms with Crippen molar-refractivity contribution >= 4 is 17.7 Å². The third kappa shape index (κ3) is 4.54. The second-order valence-electron chi connectivity index (χ2n) is 5.81. The maximum atomic E-state index is 4.77. The minimum absolute atomic E-state index is 0.640. The van der Waals surface area contributed by atoms with E-state index in [1.165, 1.54) is 24.2 Å². The second-order valence-corrected chi connectivity index (χ2v) is 7.22. The predicted octanol–water partition coefficient (Wildman–Crippen LogP) is 2.82. The summed E-state index contributed by atoms with van der Waals surface area (Å²) in [5, 5.41) is 7.54. The van der Waals surface area contributed by atoms with Crippen LogP contribution in [0.2, 0.25) is 0 Å². The number of guanidine groups is 1. The molecular formula is C18H25N5S. The summed E-state index contributed by atoms with van der Waals surface area (Å²) < 4.78 is 2.03. The number of aromatic nitrogens is 2. The summed E-state index contributed by atoms with van der Waals surface area (Å²) in [6.07, 6.45) is 8.22. The van der Waals surface area contributed by atoms with Crippen molar-refractivity contribution in [3.8, 4) is 5.69 Å². The van der Waals surface area contributed by atoms with Gasteiger partial charge in [0.05, 0.1) is 18.6 Å². The van der Waals surface area contributed by atoms with E-state index in [1.54, 1.807) is 6.20 Å². The minimum Gasteiger partial charge on any atom is -0.357 e. The van der Waals surface area contributed by atoms with E-state index in [9.17, 15) is 0 Å². The Labute approximate surface area is 148 Å². The fourth-order valence-electron chi connectivity index (χ4n) is 2.82. The Balaban J connectivity index is 1.67. The molecule has 1 fully saturated rings. The number of benzene rings is 1. The van der Waals surface area contributed by atoms with Gasteiger partial charge in [-0.25, -0.2) is 9.98 Å². The number of nitrogens with one attached hydrogen (secondary N) is 2. The molecule has 1 aromatic carbocycles. The highest BCUT2D eigenvalue weighted by atomic mass is 32.2. The van der Waals surface area contributed by atoms with Crippen LogP contribution in [0.5, 0.6) is 0 Å². The van der Waals surface area contributed by atoms with Crippen LogP contribution in [0.15, 0.2) is 48.0 Å². The van der Waals surface area contributed by atoms with Crippen LogP contribution < -0.4 is 10.6 Å². The molecule has 2 N–H and O–H groups in total. The van der Waals surface area contributed by atoms with Gasteiger partial charge >= 0.3 is 0 Å². The third-order valence-corrected chi connectivity index (χ3v) is 5.45. The Morgan fingerprint density at radius 2 is 2.29 bits per heavy atom. The Bertz CT molecular complexity index is 647. The summed E-state index contributed by atoms with van der Waals surface area (Å²) >= 11 is 2.06. The highest BCUT2D eigenvalue weighted by molar-refractivity contribution is 8.00. The topological polar surface area (TPSA) is 54.2 Å². The van der Waals surface area contributed by atoms with Crippen LogP contribution in [0.25, 0.3) is 5.69 Å². The van der Waals surface area contributed by atoms with Gasteiger partial charge in [-0.05, 0) is 37.1 Å². The van der Waals surface area contributed by atoms with Crippen molar-refractivity contribution in [2.24, 2.45) is 4.99 Å². The number of thioether (sulfide) groups is 1. The molecule has 1 unspecified atom stereocenters. The molecule has 6 heteroatoms. The second kappa shape index (κ2) is 8.78. The van der Waals surface area contributed by atoms with Crippen molar-refractivity contribution in [2.75, 3.05) is 18.8 Å². The number of rotatable bonds is 6. The van der Waals surface area contributed by atoms with Gasteiger partial charge in [0.2, 0.25) is 0 Å². The van der Waals surface area contributed by atoms with Gasteiger partial charge in [-0.3, -0.25) is 0 Å². The zero-order chi connectivity index (χ0) is 16.6. The van der Waals surface area contributed by atoms with Gasteiger partial charge in [-0.1, -0.05) is 18.2 Å². The van der Waals surface area contributed by atoms with Crippen LogP contribution in [-0.2, 0) is 6.54 Å². The maximum Gasteiger partial charge on any atom is 0.191 e. The Hall–Kier alpha value is -1.95. The molecule has 0 spiro atoms. The molecule has 2 aromatic rings. The fraction of sp³-hybridized carbons (Fsp3) is 0.444. The van der Waals surface area contributed by atoms with Crippen LogP contribution in [0, 0.1) is 0 Å². The average Bonchev–Trinajstić information content (AvgIpc) is 3.31. The zero-order valence-corrected chi connectivity index (χ0v) is 14.9. The van der Waals surface area contributed by atoms with E-state index >= 15 is 0 Å². The molecule has 1 atom stereocenters. The normalized spacial score (nSPS) is 17.9. The highest BCUT2D eigenvalue weighted by Crippen LogP contribution is 2.25. The molecule has 0 aliphatic carbocycles. The van der Waals surface area contributed by atoms with Crippen molar-refractivity contribution < 1.29 is 0 Å². The van der Waals surface area contributed by atoms with E-state index in [0.29, 0.717) is 11.8 Å². The van der Waals surface area contributed by atoms with E-state index in [2.05, 4.69) is 52.5 Å². The molecule has 1 saturated heterocycles. The minimum atomic E-state index is 0.640. The molecule has 5 nitrogen and oxygen atoms in total. The van der Waals surface area contributed by atoms with Gasteiger partial charge in [0, 0.05) is 30.7 Å². The van der Waals surface area contributed by atoms with Crippen LogP contribution in [-0.4, -0.2) is 39.6 Å². The first-order valence-electron chi connectivity index (χ1n) is 8.57. The first-order valence-corrected chi connectivity index (χ1v) is 9.61. The lowest BCUT2D eigenvalue weighted by atomic mass is 10.2.